The summed E-state index contributed by atoms with van der Waals surface area (Å²) in [6, 6.07) is 0. The van der Waals surface area contributed by atoms with Gasteiger partial charge < -0.3 is 11.1 Å². The van der Waals surface area contributed by atoms with Crippen LogP contribution in [-0.2, 0) is 0 Å². The van der Waals surface area contributed by atoms with Crippen molar-refractivity contribution in [2.24, 2.45) is 5.92 Å². The summed E-state index contributed by atoms with van der Waals surface area (Å²) in [4.78, 5) is 7.82. The Kier molecular flexibility index (Phi) is 2.98. The van der Waals surface area contributed by atoms with E-state index in [1.165, 1.54) is 17.8 Å². The van der Waals surface area contributed by atoms with Crippen LogP contribution in [0.2, 0.25) is 5.02 Å². The fraction of sp³-hybridized carbons (Fsp3) is 0.500. The molecule has 1 aromatic heterocycles. The molecular weight excluding hydrogens is 220 g/mol. The Balaban J connectivity index is 1.97. The second-order valence-corrected chi connectivity index (χ2v) is 4.66. The molecule has 6 heteroatoms. The van der Waals surface area contributed by atoms with Gasteiger partial charge in [0.25, 0.3) is 0 Å². The SMILES string of the molecule is Nc1ncnc(NCC2CSC2)c1Cl. The third kappa shape index (κ3) is 2.04. The fourth-order valence-electron chi connectivity index (χ4n) is 1.15. The monoisotopic (exact) mass is 230 g/mol. The molecule has 1 fully saturated rings. The quantitative estimate of drug-likeness (QED) is 0.824. The first-order chi connectivity index (χ1) is 6.77. The minimum absolute atomic E-state index is 0.326. The summed E-state index contributed by atoms with van der Waals surface area (Å²) in [6.45, 7) is 0.906. The molecule has 76 valence electrons. The molecular formula is C8H11ClN4S. The van der Waals surface area contributed by atoms with Gasteiger partial charge >= 0.3 is 0 Å². The van der Waals surface area contributed by atoms with Gasteiger partial charge in [-0.3, -0.25) is 0 Å². The molecule has 4 nitrogen and oxygen atoms in total. The summed E-state index contributed by atoms with van der Waals surface area (Å²) < 4.78 is 0. The molecule has 2 heterocycles. The lowest BCUT2D eigenvalue weighted by atomic mass is 10.2. The number of nitrogens with zero attached hydrogens (tertiary/aromatic N) is 2. The first-order valence-electron chi connectivity index (χ1n) is 4.35. The predicted molar refractivity (Wildman–Crippen MR) is 60.8 cm³/mol. The molecule has 0 aromatic carbocycles. The van der Waals surface area contributed by atoms with Crippen molar-refractivity contribution in [3.63, 3.8) is 0 Å². The highest BCUT2D eigenvalue weighted by atomic mass is 35.5. The molecule has 0 aliphatic carbocycles. The Morgan fingerprint density at radius 1 is 1.57 bits per heavy atom. The highest BCUT2D eigenvalue weighted by Crippen LogP contribution is 2.27. The first kappa shape index (κ1) is 9.86. The van der Waals surface area contributed by atoms with Crippen molar-refractivity contribution in [1.82, 2.24) is 9.97 Å². The number of hydrogen-bond acceptors (Lipinski definition) is 5. The van der Waals surface area contributed by atoms with Crippen LogP contribution in [0.15, 0.2) is 6.33 Å². The largest absolute Gasteiger partial charge is 0.382 e. The topological polar surface area (TPSA) is 63.8 Å². The maximum Gasteiger partial charge on any atom is 0.150 e. The van der Waals surface area contributed by atoms with Crippen LogP contribution in [0.3, 0.4) is 0 Å². The van der Waals surface area contributed by atoms with Crippen molar-refractivity contribution in [2.45, 2.75) is 0 Å². The van der Waals surface area contributed by atoms with Crippen molar-refractivity contribution in [3.05, 3.63) is 11.3 Å². The number of anilines is 2. The van der Waals surface area contributed by atoms with Gasteiger partial charge in [-0.2, -0.15) is 11.8 Å². The molecule has 0 spiro atoms. The molecule has 3 N–H and O–H groups in total. The third-order valence-electron chi connectivity index (χ3n) is 2.08. The van der Waals surface area contributed by atoms with Crippen molar-refractivity contribution in [1.29, 1.82) is 0 Å². The molecule has 14 heavy (non-hydrogen) atoms. The van der Waals surface area contributed by atoms with Gasteiger partial charge in [0.1, 0.15) is 23.0 Å². The maximum atomic E-state index is 5.92. The molecule has 1 aliphatic rings. The fourth-order valence-corrected chi connectivity index (χ4v) is 2.12. The van der Waals surface area contributed by atoms with E-state index in [0.717, 1.165) is 12.5 Å². The summed E-state index contributed by atoms with van der Waals surface area (Å²) in [6.07, 6.45) is 1.42. The molecule has 1 aromatic rings. The summed E-state index contributed by atoms with van der Waals surface area (Å²) in [5.74, 6) is 4.12. The Bertz CT molecular complexity index is 329. The number of rotatable bonds is 3. The molecule has 0 saturated carbocycles. The number of aromatic nitrogens is 2. The molecule has 0 radical (unpaired) electrons. The van der Waals surface area contributed by atoms with Gasteiger partial charge in [-0.25, -0.2) is 9.97 Å². The van der Waals surface area contributed by atoms with Crippen LogP contribution in [0.5, 0.6) is 0 Å². The van der Waals surface area contributed by atoms with E-state index >= 15 is 0 Å². The third-order valence-corrected chi connectivity index (χ3v) is 3.87. The lowest BCUT2D eigenvalue weighted by Crippen LogP contribution is -2.26. The normalized spacial score (nSPS) is 16.4. The Morgan fingerprint density at radius 3 is 3.00 bits per heavy atom. The van der Waals surface area contributed by atoms with E-state index in [-0.39, 0.29) is 0 Å². The molecule has 0 bridgehead atoms. The van der Waals surface area contributed by atoms with E-state index in [9.17, 15) is 0 Å². The van der Waals surface area contributed by atoms with Gasteiger partial charge in [0, 0.05) is 6.54 Å². The van der Waals surface area contributed by atoms with Crippen LogP contribution in [0.25, 0.3) is 0 Å². The number of nitrogen functional groups attached to an aromatic ring is 1. The second kappa shape index (κ2) is 4.23. The second-order valence-electron chi connectivity index (χ2n) is 3.21. The van der Waals surface area contributed by atoms with Gasteiger partial charge in [0.2, 0.25) is 0 Å². The van der Waals surface area contributed by atoms with Gasteiger partial charge in [-0.15, -0.1) is 0 Å². The highest BCUT2D eigenvalue weighted by Gasteiger charge is 2.18. The number of thioether (sulfide) groups is 1. The Hall–Kier alpha value is -0.680. The molecule has 2 rings (SSSR count). The number of nitrogens with one attached hydrogen (secondary N) is 1. The van der Waals surface area contributed by atoms with E-state index < -0.39 is 0 Å². The standard InChI is InChI=1S/C8H11ClN4S/c9-6-7(10)12-4-13-8(6)11-1-5-2-14-3-5/h4-5H,1-3H2,(H3,10,11,12,13). The van der Waals surface area contributed by atoms with Gasteiger partial charge in [-0.05, 0) is 17.4 Å². The van der Waals surface area contributed by atoms with Crippen LogP contribution in [0, 0.1) is 5.92 Å². The highest BCUT2D eigenvalue weighted by molar-refractivity contribution is 8.00. The lowest BCUT2D eigenvalue weighted by molar-refractivity contribution is 0.676. The molecule has 1 aliphatic heterocycles. The van der Waals surface area contributed by atoms with Crippen LogP contribution in [0.1, 0.15) is 0 Å². The van der Waals surface area contributed by atoms with Crippen molar-refractivity contribution in [2.75, 3.05) is 29.1 Å². The minimum Gasteiger partial charge on any atom is -0.382 e. The average Bonchev–Trinajstić information content (AvgIpc) is 2.09. The number of halogens is 1. The first-order valence-corrected chi connectivity index (χ1v) is 5.88. The van der Waals surface area contributed by atoms with Crippen molar-refractivity contribution in [3.8, 4) is 0 Å². The van der Waals surface area contributed by atoms with E-state index in [0.29, 0.717) is 16.7 Å². The summed E-state index contributed by atoms with van der Waals surface area (Å²) in [5.41, 5.74) is 5.55. The summed E-state index contributed by atoms with van der Waals surface area (Å²) >= 11 is 7.88. The van der Waals surface area contributed by atoms with Crippen molar-refractivity contribution < 1.29 is 0 Å². The molecule has 0 amide bonds. The summed E-state index contributed by atoms with van der Waals surface area (Å²) in [5, 5.41) is 3.60. The lowest BCUT2D eigenvalue weighted by Gasteiger charge is -2.25. The van der Waals surface area contributed by atoms with Crippen molar-refractivity contribution >= 4 is 35.0 Å². The molecule has 0 atom stereocenters. The van der Waals surface area contributed by atoms with E-state index in [1.54, 1.807) is 0 Å². The maximum absolute atomic E-state index is 5.92. The van der Waals surface area contributed by atoms with E-state index in [1.807, 2.05) is 11.8 Å². The van der Waals surface area contributed by atoms with E-state index in [2.05, 4.69) is 15.3 Å². The average molecular weight is 231 g/mol. The predicted octanol–water partition coefficient (Wildman–Crippen LogP) is 1.49. The zero-order chi connectivity index (χ0) is 9.97. The zero-order valence-corrected chi connectivity index (χ0v) is 9.11. The van der Waals surface area contributed by atoms with Gasteiger partial charge in [0.15, 0.2) is 0 Å². The van der Waals surface area contributed by atoms with Crippen LogP contribution in [-0.4, -0.2) is 28.0 Å². The van der Waals surface area contributed by atoms with Crippen LogP contribution < -0.4 is 11.1 Å². The smallest absolute Gasteiger partial charge is 0.150 e. The Morgan fingerprint density at radius 2 is 2.36 bits per heavy atom. The van der Waals surface area contributed by atoms with E-state index in [4.69, 9.17) is 17.3 Å². The summed E-state index contributed by atoms with van der Waals surface area (Å²) in [7, 11) is 0. The number of hydrogen-bond donors (Lipinski definition) is 2. The molecule has 0 unspecified atom stereocenters. The van der Waals surface area contributed by atoms with Crippen LogP contribution >= 0.6 is 23.4 Å². The zero-order valence-electron chi connectivity index (χ0n) is 7.53. The van der Waals surface area contributed by atoms with Gasteiger partial charge in [0.05, 0.1) is 0 Å². The number of nitrogens with two attached hydrogens (primary N) is 1. The van der Waals surface area contributed by atoms with Gasteiger partial charge in [-0.1, -0.05) is 11.6 Å². The molecule has 1 saturated heterocycles. The Labute approximate surface area is 91.6 Å². The minimum atomic E-state index is 0.326. The van der Waals surface area contributed by atoms with Crippen LogP contribution in [0.4, 0.5) is 11.6 Å².